The number of amides is 2. The first-order valence-electron chi connectivity index (χ1n) is 8.31. The van der Waals surface area contributed by atoms with Crippen LogP contribution in [0.4, 0.5) is 4.79 Å². The van der Waals surface area contributed by atoms with Gasteiger partial charge in [0.05, 0.1) is 36.8 Å². The molecule has 1 aromatic carbocycles. The molecule has 0 bridgehead atoms. The summed E-state index contributed by atoms with van der Waals surface area (Å²) in [6.45, 7) is 2.06. The number of methoxy groups -OCH3 is 2. The van der Waals surface area contributed by atoms with Crippen LogP contribution in [0.2, 0.25) is 5.02 Å². The Morgan fingerprint density at radius 3 is 2.68 bits per heavy atom. The summed E-state index contributed by atoms with van der Waals surface area (Å²) in [4.78, 5) is 37.2. The van der Waals surface area contributed by atoms with Gasteiger partial charge >= 0.3 is 5.97 Å². The minimum absolute atomic E-state index is 0.183. The van der Waals surface area contributed by atoms with Gasteiger partial charge in [-0.1, -0.05) is 11.6 Å². The lowest BCUT2D eigenvalue weighted by Gasteiger charge is -2.13. The molecule has 28 heavy (non-hydrogen) atoms. The summed E-state index contributed by atoms with van der Waals surface area (Å²) in [5, 5.41) is -0.172. The predicted octanol–water partition coefficient (Wildman–Crippen LogP) is 2.97. The average molecular weight is 430 g/mol. The lowest BCUT2D eigenvalue weighted by atomic mass is 10.1. The summed E-state index contributed by atoms with van der Waals surface area (Å²) in [5.74, 6) is -0.469. The molecule has 2 rings (SSSR count). The predicted molar refractivity (Wildman–Crippen MR) is 105 cm³/mol. The van der Waals surface area contributed by atoms with Crippen molar-refractivity contribution >= 4 is 46.6 Å². The van der Waals surface area contributed by atoms with Gasteiger partial charge in [-0.05, 0) is 42.5 Å². The molecule has 10 heteroatoms. The molecular weight excluding hydrogens is 410 g/mol. The fourth-order valence-electron chi connectivity index (χ4n) is 2.32. The number of halogens is 1. The van der Waals surface area contributed by atoms with Crippen molar-refractivity contribution in [3.05, 3.63) is 27.6 Å². The fourth-order valence-corrected chi connectivity index (χ4v) is 3.46. The zero-order valence-electron chi connectivity index (χ0n) is 15.7. The van der Waals surface area contributed by atoms with Gasteiger partial charge in [-0.25, -0.2) is 4.79 Å². The normalized spacial score (nSPS) is 15.3. The number of rotatable bonds is 9. The fraction of sp³-hybridized carbons (Fsp3) is 0.389. The van der Waals surface area contributed by atoms with Crippen molar-refractivity contribution in [1.82, 2.24) is 4.90 Å². The molecule has 0 spiro atoms. The van der Waals surface area contributed by atoms with Crippen LogP contribution < -0.4 is 9.47 Å². The largest absolute Gasteiger partial charge is 0.493 e. The first kappa shape index (κ1) is 22.1. The Kier molecular flexibility index (Phi) is 8.16. The molecule has 0 atom stereocenters. The molecule has 0 radical (unpaired) electrons. The molecule has 1 heterocycles. The van der Waals surface area contributed by atoms with Crippen LogP contribution in [0.25, 0.3) is 6.08 Å². The second-order valence-electron chi connectivity index (χ2n) is 5.45. The second kappa shape index (κ2) is 10.4. The molecule has 0 aromatic heterocycles. The molecule has 152 valence electrons. The molecule has 1 aromatic rings. The Labute approximate surface area is 171 Å². The summed E-state index contributed by atoms with van der Waals surface area (Å²) in [6, 6.07) is 3.14. The quantitative estimate of drug-likeness (QED) is 0.437. The van der Waals surface area contributed by atoms with Crippen LogP contribution in [0.15, 0.2) is 17.0 Å². The van der Waals surface area contributed by atoms with Gasteiger partial charge in [-0.15, -0.1) is 0 Å². The SMILES string of the molecule is CCOC(=O)COc1c(Cl)cc(/C=C2/SC(=O)N(CCOC)C2=O)cc1OC. The van der Waals surface area contributed by atoms with E-state index in [4.69, 9.17) is 30.5 Å². The molecule has 1 aliphatic heterocycles. The van der Waals surface area contributed by atoms with Gasteiger partial charge in [0, 0.05) is 7.11 Å². The van der Waals surface area contributed by atoms with Crippen LogP contribution in [0.5, 0.6) is 11.5 Å². The average Bonchev–Trinajstić information content (AvgIpc) is 2.92. The smallest absolute Gasteiger partial charge is 0.344 e. The van der Waals surface area contributed by atoms with E-state index < -0.39 is 11.9 Å². The Morgan fingerprint density at radius 2 is 2.04 bits per heavy atom. The van der Waals surface area contributed by atoms with Crippen LogP contribution in [-0.4, -0.2) is 62.6 Å². The highest BCUT2D eigenvalue weighted by atomic mass is 35.5. The van der Waals surface area contributed by atoms with Gasteiger partial charge < -0.3 is 18.9 Å². The minimum Gasteiger partial charge on any atom is -0.493 e. The van der Waals surface area contributed by atoms with Crippen molar-refractivity contribution in [2.45, 2.75) is 6.92 Å². The number of nitrogens with zero attached hydrogens (tertiary/aromatic N) is 1. The summed E-state index contributed by atoms with van der Waals surface area (Å²) in [6.07, 6.45) is 1.54. The van der Waals surface area contributed by atoms with Crippen LogP contribution in [0.3, 0.4) is 0 Å². The van der Waals surface area contributed by atoms with Crippen LogP contribution in [0.1, 0.15) is 12.5 Å². The molecule has 2 amide bonds. The van der Waals surface area contributed by atoms with Crippen molar-refractivity contribution in [2.24, 2.45) is 0 Å². The van der Waals surface area contributed by atoms with Gasteiger partial charge in [0.25, 0.3) is 11.1 Å². The van der Waals surface area contributed by atoms with E-state index in [1.165, 1.54) is 14.2 Å². The van der Waals surface area contributed by atoms with E-state index in [2.05, 4.69) is 0 Å². The van der Waals surface area contributed by atoms with Crippen LogP contribution in [-0.2, 0) is 19.1 Å². The molecule has 0 saturated carbocycles. The van der Waals surface area contributed by atoms with Gasteiger partial charge in [0.1, 0.15) is 0 Å². The number of hydrogen-bond donors (Lipinski definition) is 0. The van der Waals surface area contributed by atoms with Gasteiger partial charge in [-0.3, -0.25) is 14.5 Å². The van der Waals surface area contributed by atoms with E-state index >= 15 is 0 Å². The van der Waals surface area contributed by atoms with Crippen LogP contribution in [0, 0.1) is 0 Å². The minimum atomic E-state index is -0.533. The zero-order valence-corrected chi connectivity index (χ0v) is 17.2. The summed E-state index contributed by atoms with van der Waals surface area (Å²) >= 11 is 7.09. The number of hydrogen-bond acceptors (Lipinski definition) is 8. The van der Waals surface area contributed by atoms with Crippen molar-refractivity contribution in [3.8, 4) is 11.5 Å². The Bertz CT molecular complexity index is 796. The van der Waals surface area contributed by atoms with E-state index in [1.807, 2.05) is 0 Å². The molecular formula is C18H20ClNO7S. The molecule has 1 fully saturated rings. The highest BCUT2D eigenvalue weighted by Gasteiger charge is 2.34. The third kappa shape index (κ3) is 5.40. The first-order valence-corrected chi connectivity index (χ1v) is 9.51. The van der Waals surface area contributed by atoms with E-state index in [1.54, 1.807) is 25.1 Å². The first-order chi connectivity index (χ1) is 13.4. The zero-order chi connectivity index (χ0) is 20.7. The Balaban J connectivity index is 2.22. The van der Waals surface area contributed by atoms with Gasteiger partial charge in [0.15, 0.2) is 18.1 Å². The van der Waals surface area contributed by atoms with Crippen molar-refractivity contribution in [2.75, 3.05) is 40.6 Å². The van der Waals surface area contributed by atoms with Crippen molar-refractivity contribution in [1.29, 1.82) is 0 Å². The van der Waals surface area contributed by atoms with Gasteiger partial charge in [-0.2, -0.15) is 0 Å². The summed E-state index contributed by atoms with van der Waals surface area (Å²) in [7, 11) is 2.92. The number of esters is 1. The summed E-state index contributed by atoms with van der Waals surface area (Å²) in [5.41, 5.74) is 0.544. The molecule has 0 N–H and O–H groups in total. The van der Waals surface area contributed by atoms with Gasteiger partial charge in [0.2, 0.25) is 0 Å². The number of benzene rings is 1. The van der Waals surface area contributed by atoms with E-state index in [0.717, 1.165) is 16.7 Å². The summed E-state index contributed by atoms with van der Waals surface area (Å²) < 4.78 is 20.4. The number of ether oxygens (including phenoxy) is 4. The van der Waals surface area contributed by atoms with E-state index in [0.29, 0.717) is 5.56 Å². The monoisotopic (exact) mass is 429 g/mol. The third-order valence-corrected chi connectivity index (χ3v) is 4.77. The molecule has 1 aliphatic rings. The van der Waals surface area contributed by atoms with Crippen LogP contribution >= 0.6 is 23.4 Å². The Morgan fingerprint density at radius 1 is 1.29 bits per heavy atom. The molecule has 8 nitrogen and oxygen atoms in total. The second-order valence-corrected chi connectivity index (χ2v) is 6.85. The maximum atomic E-state index is 12.4. The van der Waals surface area contributed by atoms with Crippen molar-refractivity contribution < 1.29 is 33.3 Å². The third-order valence-electron chi connectivity index (χ3n) is 3.58. The molecule has 1 saturated heterocycles. The van der Waals surface area contributed by atoms with E-state index in [-0.39, 0.29) is 53.0 Å². The van der Waals surface area contributed by atoms with Crippen molar-refractivity contribution in [3.63, 3.8) is 0 Å². The lowest BCUT2D eigenvalue weighted by Crippen LogP contribution is -2.31. The maximum absolute atomic E-state index is 12.4. The number of carbonyl (C=O) groups excluding carboxylic acids is 3. The van der Waals surface area contributed by atoms with E-state index in [9.17, 15) is 14.4 Å². The topological polar surface area (TPSA) is 91.4 Å². The number of thioether (sulfide) groups is 1. The number of carbonyl (C=O) groups is 3. The highest BCUT2D eigenvalue weighted by Crippen LogP contribution is 2.38. The highest BCUT2D eigenvalue weighted by molar-refractivity contribution is 8.18. The maximum Gasteiger partial charge on any atom is 0.344 e. The number of imide groups is 1. The molecule has 0 aliphatic carbocycles. The molecule has 0 unspecified atom stereocenters. The standard InChI is InChI=1S/C18H20ClNO7S/c1-4-26-15(21)10-27-16-12(19)7-11(8-13(16)25-3)9-14-17(22)20(5-6-24-2)18(23)28-14/h7-9H,4-6,10H2,1-3H3/b14-9+. The Hall–Kier alpha value is -2.23. The lowest BCUT2D eigenvalue weighted by molar-refractivity contribution is -0.145.